The lowest BCUT2D eigenvalue weighted by atomic mass is 10.1. The maximum absolute atomic E-state index is 13.8. The van der Waals surface area contributed by atoms with Crippen molar-refractivity contribution in [3.05, 3.63) is 53.9 Å². The van der Waals surface area contributed by atoms with E-state index in [1.54, 1.807) is 0 Å². The minimum absolute atomic E-state index is 0.235. The molecule has 0 N–H and O–H groups in total. The predicted molar refractivity (Wildman–Crippen MR) is 69.0 cm³/mol. The zero-order valence-electron chi connectivity index (χ0n) is 10.0. The first kappa shape index (κ1) is 11.6. The van der Waals surface area contributed by atoms with Crippen LogP contribution in [-0.2, 0) is 0 Å². The molecule has 1 nitrogen and oxygen atoms in total. The standard InChI is InChI=1S/C15H15FO/c1-3-4-7-17-13-9-12-6-5-11(2)8-14(12)15(16)10-13/h3-6,8-10H,7H2,1-2H3/b4-3+. The molecule has 2 aromatic rings. The van der Waals surface area contributed by atoms with Gasteiger partial charge in [0, 0.05) is 11.5 Å². The van der Waals surface area contributed by atoms with Crippen LogP contribution in [0.2, 0.25) is 0 Å². The van der Waals surface area contributed by atoms with Gasteiger partial charge in [-0.15, -0.1) is 0 Å². The maximum Gasteiger partial charge on any atom is 0.134 e. The molecule has 0 atom stereocenters. The Balaban J connectivity index is 2.38. The topological polar surface area (TPSA) is 9.23 Å². The quantitative estimate of drug-likeness (QED) is 0.716. The van der Waals surface area contributed by atoms with E-state index < -0.39 is 0 Å². The highest BCUT2D eigenvalue weighted by molar-refractivity contribution is 5.85. The van der Waals surface area contributed by atoms with Gasteiger partial charge in [-0.25, -0.2) is 4.39 Å². The second-order valence-corrected chi connectivity index (χ2v) is 4.01. The number of aryl methyl sites for hydroxylation is 1. The number of rotatable bonds is 3. The molecular formula is C15H15FO. The zero-order valence-corrected chi connectivity index (χ0v) is 10.0. The summed E-state index contributed by atoms with van der Waals surface area (Å²) in [6, 6.07) is 9.03. The number of hydrogen-bond donors (Lipinski definition) is 0. The monoisotopic (exact) mass is 230 g/mol. The summed E-state index contributed by atoms with van der Waals surface area (Å²) in [4.78, 5) is 0. The average molecular weight is 230 g/mol. The Morgan fingerprint density at radius 3 is 2.82 bits per heavy atom. The Hall–Kier alpha value is -1.83. The molecule has 0 aliphatic rings. The van der Waals surface area contributed by atoms with E-state index in [4.69, 9.17) is 4.74 Å². The van der Waals surface area contributed by atoms with Gasteiger partial charge in [0.2, 0.25) is 0 Å². The van der Waals surface area contributed by atoms with E-state index in [1.165, 1.54) is 6.07 Å². The summed E-state index contributed by atoms with van der Waals surface area (Å²) in [5.41, 5.74) is 1.05. The van der Waals surface area contributed by atoms with Crippen LogP contribution in [0, 0.1) is 12.7 Å². The maximum atomic E-state index is 13.8. The highest BCUT2D eigenvalue weighted by Crippen LogP contribution is 2.25. The van der Waals surface area contributed by atoms with E-state index in [9.17, 15) is 4.39 Å². The first-order chi connectivity index (χ1) is 8.20. The van der Waals surface area contributed by atoms with Crippen LogP contribution in [0.3, 0.4) is 0 Å². The van der Waals surface area contributed by atoms with Crippen molar-refractivity contribution in [2.45, 2.75) is 13.8 Å². The van der Waals surface area contributed by atoms with Crippen LogP contribution >= 0.6 is 0 Å². The smallest absolute Gasteiger partial charge is 0.134 e. The van der Waals surface area contributed by atoms with E-state index in [0.29, 0.717) is 17.7 Å². The number of fused-ring (bicyclic) bond motifs is 1. The van der Waals surface area contributed by atoms with Gasteiger partial charge in [0.1, 0.15) is 18.2 Å². The minimum Gasteiger partial charge on any atom is -0.489 e. The van der Waals surface area contributed by atoms with Crippen molar-refractivity contribution < 1.29 is 9.13 Å². The van der Waals surface area contributed by atoms with E-state index in [2.05, 4.69) is 0 Å². The molecule has 0 fully saturated rings. The van der Waals surface area contributed by atoms with Gasteiger partial charge >= 0.3 is 0 Å². The van der Waals surface area contributed by atoms with Crippen LogP contribution in [-0.4, -0.2) is 6.61 Å². The summed E-state index contributed by atoms with van der Waals surface area (Å²) in [6.45, 7) is 4.34. The van der Waals surface area contributed by atoms with Crippen molar-refractivity contribution in [3.63, 3.8) is 0 Å². The van der Waals surface area contributed by atoms with E-state index in [-0.39, 0.29) is 5.82 Å². The third kappa shape index (κ3) is 2.64. The number of allylic oxidation sites excluding steroid dienone is 1. The van der Waals surface area contributed by atoms with E-state index in [1.807, 2.05) is 50.3 Å². The molecule has 0 saturated carbocycles. The molecule has 2 rings (SSSR count). The molecule has 0 heterocycles. The van der Waals surface area contributed by atoms with Gasteiger partial charge in [-0.2, -0.15) is 0 Å². The molecule has 0 radical (unpaired) electrons. The van der Waals surface area contributed by atoms with Crippen LogP contribution in [0.1, 0.15) is 12.5 Å². The second kappa shape index (κ2) is 5.00. The first-order valence-electron chi connectivity index (χ1n) is 5.64. The Morgan fingerprint density at radius 2 is 2.06 bits per heavy atom. The number of hydrogen-bond acceptors (Lipinski definition) is 1. The van der Waals surface area contributed by atoms with Crippen LogP contribution in [0.15, 0.2) is 42.5 Å². The van der Waals surface area contributed by atoms with Crippen LogP contribution in [0.25, 0.3) is 10.8 Å². The lowest BCUT2D eigenvalue weighted by Crippen LogP contribution is -1.94. The summed E-state index contributed by atoms with van der Waals surface area (Å²) in [7, 11) is 0. The molecule has 0 spiro atoms. The highest BCUT2D eigenvalue weighted by Gasteiger charge is 2.04. The summed E-state index contributed by atoms with van der Waals surface area (Å²) < 4.78 is 19.3. The Labute approximate surface area is 101 Å². The van der Waals surface area contributed by atoms with Gasteiger partial charge in [0.05, 0.1) is 0 Å². The fourth-order valence-corrected chi connectivity index (χ4v) is 1.72. The lowest BCUT2D eigenvalue weighted by molar-refractivity contribution is 0.361. The van der Waals surface area contributed by atoms with Crippen molar-refractivity contribution in [2.24, 2.45) is 0 Å². The molecule has 0 amide bonds. The van der Waals surface area contributed by atoms with Crippen LogP contribution < -0.4 is 4.74 Å². The first-order valence-corrected chi connectivity index (χ1v) is 5.64. The molecule has 88 valence electrons. The molecular weight excluding hydrogens is 215 g/mol. The Morgan fingerprint density at radius 1 is 1.24 bits per heavy atom. The predicted octanol–water partition coefficient (Wildman–Crippen LogP) is 4.24. The Kier molecular flexibility index (Phi) is 3.43. The Bertz CT molecular complexity index is 558. The molecule has 0 unspecified atom stereocenters. The third-order valence-electron chi connectivity index (χ3n) is 2.61. The molecule has 0 saturated heterocycles. The van der Waals surface area contributed by atoms with Gasteiger partial charge < -0.3 is 4.74 Å². The van der Waals surface area contributed by atoms with E-state index in [0.717, 1.165) is 10.9 Å². The van der Waals surface area contributed by atoms with Crippen molar-refractivity contribution in [1.29, 1.82) is 0 Å². The molecule has 2 aromatic carbocycles. The van der Waals surface area contributed by atoms with Crippen molar-refractivity contribution >= 4 is 10.8 Å². The summed E-state index contributed by atoms with van der Waals surface area (Å²) in [5, 5.41) is 1.51. The second-order valence-electron chi connectivity index (χ2n) is 4.01. The lowest BCUT2D eigenvalue weighted by Gasteiger charge is -2.07. The largest absolute Gasteiger partial charge is 0.489 e. The molecule has 17 heavy (non-hydrogen) atoms. The van der Waals surface area contributed by atoms with Gasteiger partial charge in [-0.05, 0) is 31.4 Å². The fraction of sp³-hybridized carbons (Fsp3) is 0.200. The molecule has 2 heteroatoms. The number of halogens is 1. The van der Waals surface area contributed by atoms with Crippen molar-refractivity contribution in [3.8, 4) is 5.75 Å². The molecule has 0 aliphatic heterocycles. The summed E-state index contributed by atoms with van der Waals surface area (Å²) >= 11 is 0. The zero-order chi connectivity index (χ0) is 12.3. The third-order valence-corrected chi connectivity index (χ3v) is 2.61. The van der Waals surface area contributed by atoms with E-state index >= 15 is 0 Å². The SMILES string of the molecule is C/C=C/COc1cc(F)c2cc(C)ccc2c1. The summed E-state index contributed by atoms with van der Waals surface area (Å²) in [6.07, 6.45) is 3.79. The fourth-order valence-electron chi connectivity index (χ4n) is 1.72. The van der Waals surface area contributed by atoms with Gasteiger partial charge in [-0.1, -0.05) is 29.8 Å². The summed E-state index contributed by atoms with van der Waals surface area (Å²) in [5.74, 6) is 0.332. The van der Waals surface area contributed by atoms with Crippen molar-refractivity contribution in [1.82, 2.24) is 0 Å². The minimum atomic E-state index is -0.235. The molecule has 0 aromatic heterocycles. The molecule has 0 aliphatic carbocycles. The normalized spacial score (nSPS) is 11.2. The van der Waals surface area contributed by atoms with Crippen molar-refractivity contribution in [2.75, 3.05) is 6.61 Å². The average Bonchev–Trinajstić information content (AvgIpc) is 2.31. The molecule has 0 bridgehead atoms. The van der Waals surface area contributed by atoms with Gasteiger partial charge in [0.25, 0.3) is 0 Å². The van der Waals surface area contributed by atoms with Crippen LogP contribution in [0.5, 0.6) is 5.75 Å². The highest BCUT2D eigenvalue weighted by atomic mass is 19.1. The number of benzene rings is 2. The number of ether oxygens (including phenoxy) is 1. The van der Waals surface area contributed by atoms with Gasteiger partial charge in [0.15, 0.2) is 0 Å². The van der Waals surface area contributed by atoms with Crippen LogP contribution in [0.4, 0.5) is 4.39 Å². The van der Waals surface area contributed by atoms with Gasteiger partial charge in [-0.3, -0.25) is 0 Å².